The van der Waals surface area contributed by atoms with E-state index in [0.717, 1.165) is 17.4 Å². The zero-order chi connectivity index (χ0) is 17.2. The fraction of sp³-hybridized carbons (Fsp3) is 0.467. The van der Waals surface area contributed by atoms with Crippen molar-refractivity contribution in [2.45, 2.75) is 4.90 Å². The number of carbonyl (C=O) groups excluding carboxylic acids is 2. The van der Waals surface area contributed by atoms with Gasteiger partial charge in [0.25, 0.3) is 5.91 Å². The summed E-state index contributed by atoms with van der Waals surface area (Å²) in [6, 6.07) is 5.91. The minimum Gasteiger partial charge on any atom is -0.354 e. The van der Waals surface area contributed by atoms with Crippen molar-refractivity contribution >= 4 is 34.2 Å². The lowest BCUT2D eigenvalue weighted by Crippen LogP contribution is -2.49. The number of rotatable bonds is 5. The van der Waals surface area contributed by atoms with Crippen molar-refractivity contribution in [3.63, 3.8) is 0 Å². The second-order valence-electron chi connectivity index (χ2n) is 5.95. The lowest BCUT2D eigenvalue weighted by Gasteiger charge is -2.27. The van der Waals surface area contributed by atoms with E-state index >= 15 is 0 Å². The van der Waals surface area contributed by atoms with Crippen LogP contribution in [0.1, 0.15) is 10.4 Å². The predicted octanol–water partition coefficient (Wildman–Crippen LogP) is -0.822. The maximum atomic E-state index is 12.6. The third kappa shape index (κ3) is 4.49. The molecule has 2 amide bonds. The summed E-state index contributed by atoms with van der Waals surface area (Å²) in [6.45, 7) is 2.63. The zero-order valence-corrected chi connectivity index (χ0v) is 15.2. The molecule has 2 saturated heterocycles. The molecule has 2 aliphatic rings. The van der Waals surface area contributed by atoms with Gasteiger partial charge in [-0.3, -0.25) is 9.59 Å². The predicted molar refractivity (Wildman–Crippen MR) is 94.2 cm³/mol. The average molecular weight is 389 g/mol. The van der Waals surface area contributed by atoms with Crippen molar-refractivity contribution in [3.05, 3.63) is 29.8 Å². The normalized spacial score (nSPS) is 18.6. The van der Waals surface area contributed by atoms with Crippen LogP contribution in [0.4, 0.5) is 0 Å². The number of benzene rings is 1. The summed E-state index contributed by atoms with van der Waals surface area (Å²) in [4.78, 5) is 23.6. The molecule has 2 heterocycles. The van der Waals surface area contributed by atoms with Crippen LogP contribution >= 0.6 is 12.4 Å². The molecule has 0 aliphatic carbocycles. The quantitative estimate of drug-likeness (QED) is 0.610. The van der Waals surface area contributed by atoms with Crippen LogP contribution in [0.5, 0.6) is 0 Å². The van der Waals surface area contributed by atoms with Gasteiger partial charge in [0, 0.05) is 44.2 Å². The Balaban J connectivity index is 0.00000225. The minimum absolute atomic E-state index is 0. The van der Waals surface area contributed by atoms with Crippen molar-refractivity contribution in [2.24, 2.45) is 5.92 Å². The van der Waals surface area contributed by atoms with Gasteiger partial charge < -0.3 is 16.0 Å². The Labute approximate surface area is 152 Å². The van der Waals surface area contributed by atoms with Gasteiger partial charge in [0.15, 0.2) is 0 Å². The van der Waals surface area contributed by atoms with E-state index in [1.165, 1.54) is 18.2 Å². The van der Waals surface area contributed by atoms with E-state index in [1.54, 1.807) is 6.07 Å². The largest absolute Gasteiger partial charge is 0.354 e. The second-order valence-corrected chi connectivity index (χ2v) is 7.89. The van der Waals surface area contributed by atoms with Gasteiger partial charge in [-0.25, -0.2) is 8.42 Å². The van der Waals surface area contributed by atoms with Crippen LogP contribution in [0.25, 0.3) is 0 Å². The highest BCUT2D eigenvalue weighted by atomic mass is 35.5. The molecule has 1 aromatic carbocycles. The van der Waals surface area contributed by atoms with Gasteiger partial charge in [-0.15, -0.1) is 12.4 Å². The fourth-order valence-corrected chi connectivity index (χ4v) is 4.04. The Kier molecular flexibility index (Phi) is 6.39. The summed E-state index contributed by atoms with van der Waals surface area (Å²) in [6.07, 6.45) is 0. The smallest absolute Gasteiger partial charge is 0.251 e. The number of hydrogen-bond donors (Lipinski definition) is 3. The maximum absolute atomic E-state index is 12.6. The Bertz CT molecular complexity index is 752. The molecule has 3 N–H and O–H groups in total. The van der Waals surface area contributed by atoms with Crippen LogP contribution in [0.3, 0.4) is 0 Å². The van der Waals surface area contributed by atoms with Crippen LogP contribution in [-0.2, 0) is 14.8 Å². The molecule has 2 aliphatic heterocycles. The number of piperazine rings is 1. The molecule has 0 bridgehead atoms. The highest BCUT2D eigenvalue weighted by molar-refractivity contribution is 7.89. The summed E-state index contributed by atoms with van der Waals surface area (Å²) in [5.41, 5.74) is 0.296. The van der Waals surface area contributed by atoms with E-state index in [1.807, 2.05) is 0 Å². The summed E-state index contributed by atoms with van der Waals surface area (Å²) < 4.78 is 26.4. The summed E-state index contributed by atoms with van der Waals surface area (Å²) in [5, 5.41) is 8.53. The monoisotopic (exact) mass is 388 g/mol. The van der Waals surface area contributed by atoms with Gasteiger partial charge in [-0.1, -0.05) is 6.07 Å². The number of amides is 2. The number of sulfonamides is 1. The van der Waals surface area contributed by atoms with Gasteiger partial charge in [0.05, 0.1) is 11.4 Å². The molecule has 25 heavy (non-hydrogen) atoms. The van der Waals surface area contributed by atoms with Crippen LogP contribution in [0.2, 0.25) is 0 Å². The number of hydrogen-bond acceptors (Lipinski definition) is 5. The van der Waals surface area contributed by atoms with Gasteiger partial charge in [0.1, 0.15) is 0 Å². The van der Waals surface area contributed by atoms with E-state index in [2.05, 4.69) is 16.0 Å². The lowest BCUT2D eigenvalue weighted by atomic mass is 10.0. The third-order valence-electron chi connectivity index (χ3n) is 4.15. The van der Waals surface area contributed by atoms with Crippen LogP contribution in [-0.4, -0.2) is 63.8 Å². The molecule has 0 radical (unpaired) electrons. The number of carbonyl (C=O) groups is 2. The van der Waals surface area contributed by atoms with Crippen LogP contribution in [0, 0.1) is 5.92 Å². The standard InChI is InChI=1S/C15H20N4O4S.ClH/c20-14-10-19(5-4-17-14)24(22,23)13-3-1-2-12(6-13)15(21)18-9-11-7-16-8-11;/h1-3,6,11,16H,4-5,7-10H2,(H,17,20)(H,18,21);1H. The Hall–Kier alpha value is -1.68. The van der Waals surface area contributed by atoms with E-state index in [0.29, 0.717) is 18.0 Å². The Morgan fingerprint density at radius 1 is 1.32 bits per heavy atom. The van der Waals surface area contributed by atoms with Crippen molar-refractivity contribution in [2.75, 3.05) is 39.3 Å². The SMILES string of the molecule is Cl.O=C1CN(S(=O)(=O)c2cccc(C(=O)NCC3CNC3)c2)CCN1. The van der Waals surface area contributed by atoms with Gasteiger partial charge in [0.2, 0.25) is 15.9 Å². The molecular weight excluding hydrogens is 368 g/mol. The molecule has 0 unspecified atom stereocenters. The molecule has 0 spiro atoms. The maximum Gasteiger partial charge on any atom is 0.251 e. The molecule has 0 aromatic heterocycles. The lowest BCUT2D eigenvalue weighted by molar-refractivity contribution is -0.122. The number of halogens is 1. The van der Waals surface area contributed by atoms with Crippen molar-refractivity contribution in [3.8, 4) is 0 Å². The Morgan fingerprint density at radius 3 is 2.72 bits per heavy atom. The summed E-state index contributed by atoms with van der Waals surface area (Å²) in [7, 11) is -3.79. The molecule has 138 valence electrons. The van der Waals surface area contributed by atoms with Crippen molar-refractivity contribution in [1.82, 2.24) is 20.3 Å². The summed E-state index contributed by atoms with van der Waals surface area (Å²) >= 11 is 0. The van der Waals surface area contributed by atoms with E-state index < -0.39 is 10.0 Å². The first-order chi connectivity index (χ1) is 11.5. The molecule has 2 fully saturated rings. The van der Waals surface area contributed by atoms with Crippen molar-refractivity contribution < 1.29 is 18.0 Å². The first-order valence-corrected chi connectivity index (χ1v) is 9.26. The third-order valence-corrected chi connectivity index (χ3v) is 6.00. The topological polar surface area (TPSA) is 108 Å². The van der Waals surface area contributed by atoms with Crippen LogP contribution < -0.4 is 16.0 Å². The minimum atomic E-state index is -3.79. The molecule has 0 saturated carbocycles. The first kappa shape index (κ1) is 19.6. The zero-order valence-electron chi connectivity index (χ0n) is 13.5. The molecular formula is C15H21ClN4O4S. The fourth-order valence-electron chi connectivity index (χ4n) is 2.60. The molecule has 8 nitrogen and oxygen atoms in total. The van der Waals surface area contributed by atoms with E-state index in [4.69, 9.17) is 0 Å². The van der Waals surface area contributed by atoms with Crippen molar-refractivity contribution in [1.29, 1.82) is 0 Å². The molecule has 10 heteroatoms. The van der Waals surface area contributed by atoms with E-state index in [9.17, 15) is 18.0 Å². The highest BCUT2D eigenvalue weighted by Gasteiger charge is 2.29. The van der Waals surface area contributed by atoms with Crippen LogP contribution in [0.15, 0.2) is 29.2 Å². The number of nitrogens with one attached hydrogen (secondary N) is 3. The molecule has 1 aromatic rings. The van der Waals surface area contributed by atoms with Gasteiger partial charge >= 0.3 is 0 Å². The highest BCUT2D eigenvalue weighted by Crippen LogP contribution is 2.18. The molecule has 3 rings (SSSR count). The van der Waals surface area contributed by atoms with Gasteiger partial charge in [-0.05, 0) is 18.2 Å². The number of nitrogens with zero attached hydrogens (tertiary/aromatic N) is 1. The summed E-state index contributed by atoms with van der Waals surface area (Å²) in [5.74, 6) is -0.198. The second kappa shape index (κ2) is 8.13. The molecule has 0 atom stereocenters. The van der Waals surface area contributed by atoms with E-state index in [-0.39, 0.29) is 48.8 Å². The first-order valence-electron chi connectivity index (χ1n) is 7.82. The average Bonchev–Trinajstić information content (AvgIpc) is 2.53. The van der Waals surface area contributed by atoms with Gasteiger partial charge in [-0.2, -0.15) is 4.31 Å². The Morgan fingerprint density at radius 2 is 2.08 bits per heavy atom.